The molecule has 0 spiro atoms. The maximum absolute atomic E-state index is 12.8. The molecule has 0 atom stereocenters. The monoisotopic (exact) mass is 173 g/mol. The Morgan fingerprint density at radius 1 is 1.25 bits per heavy atom. The zero-order chi connectivity index (χ0) is 8.27. The van der Waals surface area contributed by atoms with E-state index in [0.29, 0.717) is 0 Å². The standard InChI is InChI=1S/C8H9F2N.CH4/c1-11-5-6-7(9)3-2-4-8(6)10;/h2-4,11H,5H2,1H3;1H4. The van der Waals surface area contributed by atoms with Crippen molar-refractivity contribution in [2.45, 2.75) is 14.0 Å². The van der Waals surface area contributed by atoms with Crippen LogP contribution in [-0.2, 0) is 6.54 Å². The predicted octanol–water partition coefficient (Wildman–Crippen LogP) is 2.32. The van der Waals surface area contributed by atoms with Gasteiger partial charge in [0.15, 0.2) is 0 Å². The average Bonchev–Trinajstić information content (AvgIpc) is 1.97. The summed E-state index contributed by atoms with van der Waals surface area (Å²) >= 11 is 0. The van der Waals surface area contributed by atoms with E-state index in [0.717, 1.165) is 0 Å². The normalized spacial score (nSPS) is 9.25. The van der Waals surface area contributed by atoms with Gasteiger partial charge in [-0.05, 0) is 19.2 Å². The first-order valence-electron chi connectivity index (χ1n) is 3.33. The average molecular weight is 173 g/mol. The maximum Gasteiger partial charge on any atom is 0.130 e. The molecule has 1 rings (SSSR count). The van der Waals surface area contributed by atoms with Crippen molar-refractivity contribution in [3.8, 4) is 0 Å². The third-order valence-corrected chi connectivity index (χ3v) is 1.42. The zero-order valence-corrected chi connectivity index (χ0v) is 6.20. The highest BCUT2D eigenvalue weighted by atomic mass is 19.1. The molecular formula is C9H13F2N. The van der Waals surface area contributed by atoms with Crippen molar-refractivity contribution in [1.82, 2.24) is 5.32 Å². The highest BCUT2D eigenvalue weighted by Gasteiger charge is 2.05. The fourth-order valence-corrected chi connectivity index (χ4v) is 0.878. The van der Waals surface area contributed by atoms with E-state index in [1.54, 1.807) is 7.05 Å². The van der Waals surface area contributed by atoms with Crippen LogP contribution in [0.4, 0.5) is 8.78 Å². The van der Waals surface area contributed by atoms with E-state index >= 15 is 0 Å². The van der Waals surface area contributed by atoms with Crippen LogP contribution < -0.4 is 5.32 Å². The third kappa shape index (κ3) is 2.27. The molecule has 1 aromatic rings. The second-order valence-corrected chi connectivity index (χ2v) is 2.23. The molecule has 3 heteroatoms. The fraction of sp³-hybridized carbons (Fsp3) is 0.333. The molecule has 0 aliphatic rings. The molecule has 1 nitrogen and oxygen atoms in total. The van der Waals surface area contributed by atoms with Crippen LogP contribution in [0.2, 0.25) is 0 Å². The summed E-state index contributed by atoms with van der Waals surface area (Å²) in [7, 11) is 1.64. The number of hydrogen-bond donors (Lipinski definition) is 1. The minimum absolute atomic E-state index is 0. The molecule has 0 radical (unpaired) electrons. The Balaban J connectivity index is 0.00000121. The lowest BCUT2D eigenvalue weighted by atomic mass is 10.2. The fourth-order valence-electron chi connectivity index (χ4n) is 0.878. The number of nitrogens with one attached hydrogen (secondary N) is 1. The Kier molecular flexibility index (Phi) is 4.44. The van der Waals surface area contributed by atoms with Crippen LogP contribution in [0.1, 0.15) is 13.0 Å². The summed E-state index contributed by atoms with van der Waals surface area (Å²) in [6, 6.07) is 3.84. The quantitative estimate of drug-likeness (QED) is 0.723. The number of rotatable bonds is 2. The minimum Gasteiger partial charge on any atom is -0.315 e. The Morgan fingerprint density at radius 2 is 1.75 bits per heavy atom. The van der Waals surface area contributed by atoms with Gasteiger partial charge in [0.1, 0.15) is 11.6 Å². The van der Waals surface area contributed by atoms with Crippen molar-refractivity contribution >= 4 is 0 Å². The first-order valence-corrected chi connectivity index (χ1v) is 3.33. The predicted molar refractivity (Wildman–Crippen MR) is 45.9 cm³/mol. The molecule has 1 aromatic carbocycles. The zero-order valence-electron chi connectivity index (χ0n) is 6.20. The summed E-state index contributed by atoms with van der Waals surface area (Å²) in [6.45, 7) is 0.221. The molecule has 0 saturated heterocycles. The first kappa shape index (κ1) is 11.0. The van der Waals surface area contributed by atoms with Gasteiger partial charge in [-0.3, -0.25) is 0 Å². The number of halogens is 2. The molecule has 0 aromatic heterocycles. The van der Waals surface area contributed by atoms with Gasteiger partial charge in [-0.25, -0.2) is 8.78 Å². The van der Waals surface area contributed by atoms with Crippen molar-refractivity contribution in [3.63, 3.8) is 0 Å². The van der Waals surface area contributed by atoms with E-state index in [1.807, 2.05) is 0 Å². The molecule has 0 unspecified atom stereocenters. The number of benzene rings is 1. The molecule has 0 heterocycles. The van der Waals surface area contributed by atoms with E-state index in [1.165, 1.54) is 18.2 Å². The topological polar surface area (TPSA) is 12.0 Å². The highest BCUT2D eigenvalue weighted by molar-refractivity contribution is 5.19. The maximum atomic E-state index is 12.8. The summed E-state index contributed by atoms with van der Waals surface area (Å²) in [5.74, 6) is -1.00. The van der Waals surface area contributed by atoms with Crippen LogP contribution in [0.5, 0.6) is 0 Å². The molecule has 0 saturated carbocycles. The Hall–Kier alpha value is -0.960. The Bertz CT molecular complexity index is 228. The molecule has 0 aliphatic carbocycles. The van der Waals surface area contributed by atoms with Gasteiger partial charge in [-0.2, -0.15) is 0 Å². The van der Waals surface area contributed by atoms with Gasteiger partial charge in [0.05, 0.1) is 0 Å². The van der Waals surface area contributed by atoms with E-state index in [9.17, 15) is 8.78 Å². The van der Waals surface area contributed by atoms with Crippen LogP contribution in [0.25, 0.3) is 0 Å². The molecule has 68 valence electrons. The molecule has 0 bridgehead atoms. The van der Waals surface area contributed by atoms with Crippen molar-refractivity contribution in [2.24, 2.45) is 0 Å². The summed E-state index contributed by atoms with van der Waals surface area (Å²) in [4.78, 5) is 0. The van der Waals surface area contributed by atoms with E-state index in [4.69, 9.17) is 0 Å². The van der Waals surface area contributed by atoms with Gasteiger partial charge >= 0.3 is 0 Å². The van der Waals surface area contributed by atoms with Crippen molar-refractivity contribution in [1.29, 1.82) is 0 Å². The van der Waals surface area contributed by atoms with Crippen LogP contribution in [0, 0.1) is 11.6 Å². The van der Waals surface area contributed by atoms with E-state index in [-0.39, 0.29) is 19.5 Å². The second-order valence-electron chi connectivity index (χ2n) is 2.23. The lowest BCUT2D eigenvalue weighted by Crippen LogP contribution is -2.08. The third-order valence-electron chi connectivity index (χ3n) is 1.42. The van der Waals surface area contributed by atoms with Gasteiger partial charge in [0, 0.05) is 12.1 Å². The summed E-state index contributed by atoms with van der Waals surface area (Å²) in [5.41, 5.74) is 0.0926. The van der Waals surface area contributed by atoms with Crippen molar-refractivity contribution in [3.05, 3.63) is 35.4 Å². The van der Waals surface area contributed by atoms with E-state index < -0.39 is 11.6 Å². The molecular weight excluding hydrogens is 160 g/mol. The smallest absolute Gasteiger partial charge is 0.130 e. The van der Waals surface area contributed by atoms with Crippen molar-refractivity contribution in [2.75, 3.05) is 7.05 Å². The van der Waals surface area contributed by atoms with Gasteiger partial charge in [0.2, 0.25) is 0 Å². The molecule has 1 N–H and O–H groups in total. The van der Waals surface area contributed by atoms with Gasteiger partial charge in [-0.15, -0.1) is 0 Å². The van der Waals surface area contributed by atoms with Crippen LogP contribution >= 0.6 is 0 Å². The molecule has 0 aliphatic heterocycles. The summed E-state index contributed by atoms with van der Waals surface area (Å²) < 4.78 is 25.5. The van der Waals surface area contributed by atoms with Gasteiger partial charge in [0.25, 0.3) is 0 Å². The summed E-state index contributed by atoms with van der Waals surface area (Å²) in [6.07, 6.45) is 0. The first-order chi connectivity index (χ1) is 5.25. The van der Waals surface area contributed by atoms with Crippen LogP contribution in [0.3, 0.4) is 0 Å². The lowest BCUT2D eigenvalue weighted by Gasteiger charge is -2.02. The van der Waals surface area contributed by atoms with Crippen LogP contribution in [-0.4, -0.2) is 7.05 Å². The van der Waals surface area contributed by atoms with Crippen molar-refractivity contribution < 1.29 is 8.78 Å². The van der Waals surface area contributed by atoms with E-state index in [2.05, 4.69) is 5.32 Å². The highest BCUT2D eigenvalue weighted by Crippen LogP contribution is 2.10. The minimum atomic E-state index is -0.501. The number of hydrogen-bond acceptors (Lipinski definition) is 1. The van der Waals surface area contributed by atoms with Crippen LogP contribution in [0.15, 0.2) is 18.2 Å². The second kappa shape index (κ2) is 4.83. The van der Waals surface area contributed by atoms with Gasteiger partial charge in [-0.1, -0.05) is 13.5 Å². The SMILES string of the molecule is C.CNCc1c(F)cccc1F. The summed E-state index contributed by atoms with van der Waals surface area (Å²) in [5, 5.41) is 2.69. The lowest BCUT2D eigenvalue weighted by molar-refractivity contribution is 0.546. The Labute approximate surface area is 71.4 Å². The van der Waals surface area contributed by atoms with Gasteiger partial charge < -0.3 is 5.32 Å². The molecule has 0 amide bonds. The molecule has 12 heavy (non-hydrogen) atoms. The Morgan fingerprint density at radius 3 is 2.17 bits per heavy atom. The largest absolute Gasteiger partial charge is 0.315 e. The molecule has 0 fully saturated rings.